The van der Waals surface area contributed by atoms with Crippen molar-refractivity contribution in [3.05, 3.63) is 41.1 Å². The molecule has 1 aromatic rings. The first-order valence-corrected chi connectivity index (χ1v) is 9.36. The lowest BCUT2D eigenvalue weighted by atomic mass is 9.84. The smallest absolute Gasteiger partial charge is 0.336 e. The average molecular weight is 349 g/mol. The standard InChI is InChI=1S/C18H23NO4S/c1-4-22-15-8-6-5-7-13(15)14-11-16(20)19-12(2)17(14)18(21)23-9-10-24-3/h5-8,14H,4,9-11H2,1-3H3,(H,19,20)/t14-/m0/s1. The van der Waals surface area contributed by atoms with Crippen LogP contribution < -0.4 is 10.1 Å². The monoisotopic (exact) mass is 349 g/mol. The van der Waals surface area contributed by atoms with Gasteiger partial charge in [-0.2, -0.15) is 11.8 Å². The second-order valence-corrected chi connectivity index (χ2v) is 6.43. The molecule has 1 aliphatic heterocycles. The molecule has 0 unspecified atom stereocenters. The van der Waals surface area contributed by atoms with Gasteiger partial charge in [0.05, 0.1) is 12.2 Å². The van der Waals surface area contributed by atoms with Gasteiger partial charge in [0.15, 0.2) is 0 Å². The first kappa shape index (κ1) is 18.4. The van der Waals surface area contributed by atoms with Crippen LogP contribution in [0.3, 0.4) is 0 Å². The van der Waals surface area contributed by atoms with Gasteiger partial charge < -0.3 is 14.8 Å². The summed E-state index contributed by atoms with van der Waals surface area (Å²) in [6, 6.07) is 7.52. The molecule has 0 aliphatic carbocycles. The number of carbonyl (C=O) groups excluding carboxylic acids is 2. The van der Waals surface area contributed by atoms with Crippen LogP contribution in [0.5, 0.6) is 5.75 Å². The summed E-state index contributed by atoms with van der Waals surface area (Å²) in [7, 11) is 0. The van der Waals surface area contributed by atoms with Gasteiger partial charge in [-0.05, 0) is 26.2 Å². The second-order valence-electron chi connectivity index (χ2n) is 5.44. The van der Waals surface area contributed by atoms with Gasteiger partial charge >= 0.3 is 5.97 Å². The molecule has 0 fully saturated rings. The zero-order valence-corrected chi connectivity index (χ0v) is 15.1. The Balaban J connectivity index is 2.36. The van der Waals surface area contributed by atoms with Gasteiger partial charge in [-0.15, -0.1) is 0 Å². The molecule has 1 amide bonds. The molecule has 1 aliphatic rings. The molecule has 0 radical (unpaired) electrons. The van der Waals surface area contributed by atoms with Crippen LogP contribution in [-0.4, -0.2) is 37.1 Å². The largest absolute Gasteiger partial charge is 0.494 e. The minimum Gasteiger partial charge on any atom is -0.494 e. The molecule has 6 heteroatoms. The van der Waals surface area contributed by atoms with Crippen LogP contribution in [0.15, 0.2) is 35.5 Å². The van der Waals surface area contributed by atoms with Crippen LogP contribution in [0, 0.1) is 0 Å². The van der Waals surface area contributed by atoms with E-state index in [-0.39, 0.29) is 24.2 Å². The van der Waals surface area contributed by atoms with Gasteiger partial charge in [-0.25, -0.2) is 4.79 Å². The average Bonchev–Trinajstić information content (AvgIpc) is 2.55. The minimum atomic E-state index is -0.377. The maximum Gasteiger partial charge on any atom is 0.336 e. The highest BCUT2D eigenvalue weighted by atomic mass is 32.2. The van der Waals surface area contributed by atoms with Gasteiger partial charge in [-0.1, -0.05) is 18.2 Å². The number of thioether (sulfide) groups is 1. The van der Waals surface area contributed by atoms with Crippen LogP contribution >= 0.6 is 11.8 Å². The molecule has 0 bridgehead atoms. The number of allylic oxidation sites excluding steroid dienone is 1. The summed E-state index contributed by atoms with van der Waals surface area (Å²) in [4.78, 5) is 24.6. The van der Waals surface area contributed by atoms with Crippen LogP contribution in [0.2, 0.25) is 0 Å². The maximum atomic E-state index is 12.6. The molecular formula is C18H23NO4S. The van der Waals surface area contributed by atoms with Crippen LogP contribution in [0.4, 0.5) is 0 Å². The predicted octanol–water partition coefficient (Wildman–Crippen LogP) is 2.87. The van der Waals surface area contributed by atoms with Crippen molar-refractivity contribution in [2.75, 3.05) is 25.2 Å². The topological polar surface area (TPSA) is 64.6 Å². The molecule has 5 nitrogen and oxygen atoms in total. The van der Waals surface area contributed by atoms with Crippen LogP contribution in [0.25, 0.3) is 0 Å². The van der Waals surface area contributed by atoms with Crippen molar-refractivity contribution in [3.8, 4) is 5.75 Å². The predicted molar refractivity (Wildman–Crippen MR) is 95.2 cm³/mol. The number of carbonyl (C=O) groups is 2. The molecule has 24 heavy (non-hydrogen) atoms. The fraction of sp³-hybridized carbons (Fsp3) is 0.444. The molecule has 130 valence electrons. The molecule has 0 aromatic heterocycles. The summed E-state index contributed by atoms with van der Waals surface area (Å²) < 4.78 is 11.0. The Bertz CT molecular complexity index is 642. The maximum absolute atomic E-state index is 12.6. The third-order valence-corrected chi connectivity index (χ3v) is 4.38. The van der Waals surface area contributed by atoms with E-state index in [2.05, 4.69) is 5.32 Å². The van der Waals surface area contributed by atoms with E-state index in [0.29, 0.717) is 30.2 Å². The number of para-hydroxylation sites is 1. The van der Waals surface area contributed by atoms with E-state index in [9.17, 15) is 9.59 Å². The van der Waals surface area contributed by atoms with Gasteiger partial charge in [0.2, 0.25) is 5.91 Å². The molecule has 1 atom stereocenters. The summed E-state index contributed by atoms with van der Waals surface area (Å²) in [5.74, 6) is 0.595. The SMILES string of the molecule is CCOc1ccccc1[C@@H]1CC(=O)NC(C)=C1C(=O)OCCSC. The lowest BCUT2D eigenvalue weighted by Gasteiger charge is -2.27. The number of amides is 1. The summed E-state index contributed by atoms with van der Waals surface area (Å²) in [5, 5.41) is 2.75. The van der Waals surface area contributed by atoms with Crippen molar-refractivity contribution in [3.63, 3.8) is 0 Å². The zero-order valence-electron chi connectivity index (χ0n) is 14.3. The highest BCUT2D eigenvalue weighted by Gasteiger charge is 2.34. The summed E-state index contributed by atoms with van der Waals surface area (Å²) in [6.07, 6.45) is 2.16. The Hall–Kier alpha value is -1.95. The number of hydrogen-bond acceptors (Lipinski definition) is 5. The van der Waals surface area contributed by atoms with E-state index in [1.54, 1.807) is 18.7 Å². The van der Waals surface area contributed by atoms with Crippen molar-refractivity contribution in [2.45, 2.75) is 26.2 Å². The van der Waals surface area contributed by atoms with Crippen LogP contribution in [-0.2, 0) is 14.3 Å². The Morgan fingerprint density at radius 3 is 2.83 bits per heavy atom. The van der Waals surface area contributed by atoms with Gasteiger partial charge in [0, 0.05) is 29.4 Å². The number of esters is 1. The Labute approximate surface area is 146 Å². The van der Waals surface area contributed by atoms with E-state index >= 15 is 0 Å². The quantitative estimate of drug-likeness (QED) is 0.606. The fourth-order valence-electron chi connectivity index (χ4n) is 2.79. The highest BCUT2D eigenvalue weighted by Crippen LogP contribution is 2.38. The van der Waals surface area contributed by atoms with Gasteiger partial charge in [0.1, 0.15) is 12.4 Å². The van der Waals surface area contributed by atoms with Crippen molar-refractivity contribution in [1.29, 1.82) is 0 Å². The number of ether oxygens (including phenoxy) is 2. The molecule has 1 aromatic carbocycles. The molecule has 0 spiro atoms. The second kappa shape index (κ2) is 8.78. The van der Waals surface area contributed by atoms with Gasteiger partial charge in [-0.3, -0.25) is 4.79 Å². The number of hydrogen-bond donors (Lipinski definition) is 1. The van der Waals surface area contributed by atoms with Crippen molar-refractivity contribution in [2.24, 2.45) is 0 Å². The zero-order chi connectivity index (χ0) is 17.5. The Morgan fingerprint density at radius 1 is 1.38 bits per heavy atom. The lowest BCUT2D eigenvalue weighted by Crippen LogP contribution is -2.34. The highest BCUT2D eigenvalue weighted by molar-refractivity contribution is 7.98. The third kappa shape index (κ3) is 4.32. The van der Waals surface area contributed by atoms with Crippen molar-refractivity contribution >= 4 is 23.6 Å². The number of benzene rings is 1. The van der Waals surface area contributed by atoms with E-state index in [1.165, 1.54) is 0 Å². The van der Waals surface area contributed by atoms with E-state index < -0.39 is 0 Å². The molecule has 2 rings (SSSR count). The molecular weight excluding hydrogens is 326 g/mol. The summed E-state index contributed by atoms with van der Waals surface area (Å²) in [5.41, 5.74) is 1.89. The van der Waals surface area contributed by atoms with E-state index in [4.69, 9.17) is 9.47 Å². The first-order valence-electron chi connectivity index (χ1n) is 7.96. The minimum absolute atomic E-state index is 0.107. The van der Waals surface area contributed by atoms with E-state index in [1.807, 2.05) is 37.4 Å². The fourth-order valence-corrected chi connectivity index (χ4v) is 3.04. The molecule has 0 saturated heterocycles. The number of rotatable bonds is 7. The van der Waals surface area contributed by atoms with Crippen molar-refractivity contribution < 1.29 is 19.1 Å². The molecule has 1 N–H and O–H groups in total. The Morgan fingerprint density at radius 2 is 2.12 bits per heavy atom. The van der Waals surface area contributed by atoms with Gasteiger partial charge in [0.25, 0.3) is 0 Å². The summed E-state index contributed by atoms with van der Waals surface area (Å²) in [6.45, 7) is 4.51. The summed E-state index contributed by atoms with van der Waals surface area (Å²) >= 11 is 1.61. The lowest BCUT2D eigenvalue weighted by molar-refractivity contribution is -0.139. The molecule has 0 saturated carbocycles. The number of nitrogens with one attached hydrogen (secondary N) is 1. The van der Waals surface area contributed by atoms with Crippen molar-refractivity contribution in [1.82, 2.24) is 5.32 Å². The molecule has 1 heterocycles. The van der Waals surface area contributed by atoms with E-state index in [0.717, 1.165) is 11.3 Å². The normalized spacial score (nSPS) is 17.5. The first-order chi connectivity index (χ1) is 11.6. The third-order valence-electron chi connectivity index (χ3n) is 3.80. The van der Waals surface area contributed by atoms with Crippen LogP contribution in [0.1, 0.15) is 31.7 Å². The Kier molecular flexibility index (Phi) is 6.73.